The summed E-state index contributed by atoms with van der Waals surface area (Å²) in [6, 6.07) is 0. The first-order chi connectivity index (χ1) is 9.63. The Morgan fingerprint density at radius 3 is 2.80 bits per heavy atom. The molecule has 1 amide bonds. The minimum atomic E-state index is -0.0851. The molecule has 20 heavy (non-hydrogen) atoms. The van der Waals surface area contributed by atoms with Crippen molar-refractivity contribution in [3.05, 3.63) is 23.0 Å². The number of imidazole rings is 1. The van der Waals surface area contributed by atoms with Crippen LogP contribution in [0.3, 0.4) is 0 Å². The van der Waals surface area contributed by atoms with E-state index in [2.05, 4.69) is 29.0 Å². The number of hydrogen-bond donors (Lipinski definition) is 1. The van der Waals surface area contributed by atoms with E-state index in [-0.39, 0.29) is 5.91 Å². The molecule has 2 rings (SSSR count). The lowest BCUT2D eigenvalue weighted by atomic mass is 10.3. The topological polar surface area (TPSA) is 49.6 Å². The second kappa shape index (κ2) is 6.85. The van der Waals surface area contributed by atoms with Crippen LogP contribution >= 0.6 is 11.3 Å². The molecule has 0 atom stereocenters. The molecule has 0 saturated heterocycles. The highest BCUT2D eigenvalue weighted by Gasteiger charge is 2.11. The van der Waals surface area contributed by atoms with Crippen LogP contribution in [0.4, 0.5) is 0 Å². The van der Waals surface area contributed by atoms with Gasteiger partial charge in [-0.05, 0) is 33.0 Å². The van der Waals surface area contributed by atoms with Crippen molar-refractivity contribution in [3.63, 3.8) is 0 Å². The molecule has 0 aliphatic heterocycles. The van der Waals surface area contributed by atoms with Gasteiger partial charge in [-0.15, -0.1) is 11.3 Å². The Labute approximate surface area is 123 Å². The monoisotopic (exact) mass is 294 g/mol. The van der Waals surface area contributed by atoms with Gasteiger partial charge in [0.05, 0.1) is 0 Å². The number of carbonyl (C=O) groups is 1. The van der Waals surface area contributed by atoms with Crippen LogP contribution in [0, 0.1) is 6.92 Å². The fraction of sp³-hybridized carbons (Fsp3) is 0.571. The number of aromatic nitrogens is 2. The van der Waals surface area contributed by atoms with Crippen LogP contribution < -0.4 is 5.32 Å². The van der Waals surface area contributed by atoms with E-state index in [0.717, 1.165) is 31.0 Å². The van der Waals surface area contributed by atoms with E-state index < -0.39 is 0 Å². The van der Waals surface area contributed by atoms with Crippen LogP contribution in [0.5, 0.6) is 0 Å². The average molecular weight is 294 g/mol. The highest BCUT2D eigenvalue weighted by Crippen LogP contribution is 2.16. The van der Waals surface area contributed by atoms with Gasteiger partial charge in [0.1, 0.15) is 5.69 Å². The quantitative estimate of drug-likeness (QED) is 0.796. The van der Waals surface area contributed by atoms with E-state index in [1.54, 1.807) is 17.5 Å². The number of thiazole rings is 1. The van der Waals surface area contributed by atoms with E-state index in [1.165, 1.54) is 4.88 Å². The van der Waals surface area contributed by atoms with Crippen molar-refractivity contribution in [1.29, 1.82) is 0 Å². The SMILES string of the molecule is CCN(CC)CCCNC(=O)c1cn2cc(C)sc2n1. The van der Waals surface area contributed by atoms with Crippen LogP contribution in [0.25, 0.3) is 4.96 Å². The summed E-state index contributed by atoms with van der Waals surface area (Å²) in [6.07, 6.45) is 4.75. The molecular formula is C14H22N4OS. The third-order valence-electron chi connectivity index (χ3n) is 3.34. The zero-order valence-corrected chi connectivity index (χ0v) is 13.2. The number of fused-ring (bicyclic) bond motifs is 1. The van der Waals surface area contributed by atoms with Gasteiger partial charge in [0.15, 0.2) is 4.96 Å². The Hall–Kier alpha value is -1.40. The van der Waals surface area contributed by atoms with Crippen molar-refractivity contribution in [3.8, 4) is 0 Å². The maximum atomic E-state index is 12.0. The molecule has 0 spiro atoms. The lowest BCUT2D eigenvalue weighted by Crippen LogP contribution is -2.30. The zero-order chi connectivity index (χ0) is 14.5. The van der Waals surface area contributed by atoms with Crippen molar-refractivity contribution < 1.29 is 4.79 Å². The minimum absolute atomic E-state index is 0.0851. The summed E-state index contributed by atoms with van der Waals surface area (Å²) in [4.78, 5) is 20.7. The van der Waals surface area contributed by atoms with Gasteiger partial charge in [0, 0.05) is 23.8 Å². The molecule has 6 heteroatoms. The Morgan fingerprint density at radius 2 is 2.15 bits per heavy atom. The third-order valence-corrected chi connectivity index (χ3v) is 4.25. The molecule has 0 aromatic carbocycles. The molecule has 2 heterocycles. The maximum absolute atomic E-state index is 12.0. The summed E-state index contributed by atoms with van der Waals surface area (Å²) in [5, 5.41) is 2.93. The summed E-state index contributed by atoms with van der Waals surface area (Å²) >= 11 is 1.59. The number of hydrogen-bond acceptors (Lipinski definition) is 4. The van der Waals surface area contributed by atoms with Crippen LogP contribution in [0.1, 0.15) is 35.6 Å². The average Bonchev–Trinajstić information content (AvgIpc) is 2.96. The molecule has 0 radical (unpaired) electrons. The van der Waals surface area contributed by atoms with Gasteiger partial charge in [-0.2, -0.15) is 0 Å². The Bertz CT molecular complexity index is 539. The molecule has 0 bridgehead atoms. The van der Waals surface area contributed by atoms with Crippen LogP contribution in [0.2, 0.25) is 0 Å². The van der Waals surface area contributed by atoms with E-state index in [4.69, 9.17) is 0 Å². The summed E-state index contributed by atoms with van der Waals surface area (Å²) in [5.41, 5.74) is 0.499. The first-order valence-corrected chi connectivity index (χ1v) is 7.91. The molecule has 110 valence electrons. The van der Waals surface area contributed by atoms with Crippen molar-refractivity contribution in [1.82, 2.24) is 19.6 Å². The third kappa shape index (κ3) is 3.58. The lowest BCUT2D eigenvalue weighted by Gasteiger charge is -2.17. The summed E-state index contributed by atoms with van der Waals surface area (Å²) < 4.78 is 1.91. The van der Waals surface area contributed by atoms with E-state index in [0.29, 0.717) is 12.2 Å². The first kappa shape index (κ1) is 15.0. The summed E-state index contributed by atoms with van der Waals surface area (Å²) in [7, 11) is 0. The summed E-state index contributed by atoms with van der Waals surface area (Å²) in [5.74, 6) is -0.0851. The van der Waals surface area contributed by atoms with Gasteiger partial charge in [0.2, 0.25) is 0 Å². The Kier molecular flexibility index (Phi) is 5.14. The Balaban J connectivity index is 1.81. The molecule has 2 aromatic heterocycles. The van der Waals surface area contributed by atoms with Crippen LogP contribution in [-0.4, -0.2) is 46.4 Å². The van der Waals surface area contributed by atoms with E-state index >= 15 is 0 Å². The number of nitrogens with one attached hydrogen (secondary N) is 1. The number of aryl methyl sites for hydroxylation is 1. The number of amides is 1. The maximum Gasteiger partial charge on any atom is 0.271 e. The van der Waals surface area contributed by atoms with Gasteiger partial charge in [0.25, 0.3) is 5.91 Å². The van der Waals surface area contributed by atoms with Gasteiger partial charge >= 0.3 is 0 Å². The van der Waals surface area contributed by atoms with E-state index in [9.17, 15) is 4.79 Å². The van der Waals surface area contributed by atoms with E-state index in [1.807, 2.05) is 17.5 Å². The zero-order valence-electron chi connectivity index (χ0n) is 12.3. The fourth-order valence-corrected chi connectivity index (χ4v) is 2.96. The van der Waals surface area contributed by atoms with Gasteiger partial charge < -0.3 is 10.2 Å². The van der Waals surface area contributed by atoms with Crippen molar-refractivity contribution >= 4 is 22.2 Å². The van der Waals surface area contributed by atoms with Crippen molar-refractivity contribution in [2.24, 2.45) is 0 Å². The lowest BCUT2D eigenvalue weighted by molar-refractivity contribution is 0.0947. The van der Waals surface area contributed by atoms with Crippen molar-refractivity contribution in [2.75, 3.05) is 26.2 Å². The first-order valence-electron chi connectivity index (χ1n) is 7.09. The normalized spacial score (nSPS) is 11.4. The highest BCUT2D eigenvalue weighted by molar-refractivity contribution is 7.17. The molecule has 0 aliphatic carbocycles. The molecule has 5 nitrogen and oxygen atoms in total. The molecule has 0 saturated carbocycles. The van der Waals surface area contributed by atoms with Crippen LogP contribution in [-0.2, 0) is 0 Å². The number of nitrogens with zero attached hydrogens (tertiary/aromatic N) is 3. The van der Waals surface area contributed by atoms with Crippen LogP contribution in [0.15, 0.2) is 12.4 Å². The van der Waals surface area contributed by atoms with Gasteiger partial charge in [-0.1, -0.05) is 13.8 Å². The van der Waals surface area contributed by atoms with Crippen molar-refractivity contribution in [2.45, 2.75) is 27.2 Å². The van der Waals surface area contributed by atoms with Gasteiger partial charge in [-0.3, -0.25) is 9.20 Å². The van der Waals surface area contributed by atoms with Gasteiger partial charge in [-0.25, -0.2) is 4.98 Å². The second-order valence-corrected chi connectivity index (χ2v) is 6.01. The molecule has 0 aliphatic rings. The molecular weight excluding hydrogens is 272 g/mol. The largest absolute Gasteiger partial charge is 0.351 e. The summed E-state index contributed by atoms with van der Waals surface area (Å²) in [6.45, 7) is 10.2. The standard InChI is InChI=1S/C14H22N4OS/c1-4-17(5-2)8-6-7-15-13(19)12-10-18-9-11(3)20-14(18)16-12/h9-10H,4-8H2,1-3H3,(H,15,19). The number of carbonyl (C=O) groups excluding carboxylic acids is 1. The fourth-order valence-electron chi connectivity index (χ4n) is 2.16. The second-order valence-electron chi connectivity index (χ2n) is 4.79. The highest BCUT2D eigenvalue weighted by atomic mass is 32.1. The predicted molar refractivity (Wildman–Crippen MR) is 82.5 cm³/mol. The predicted octanol–water partition coefficient (Wildman–Crippen LogP) is 2.17. The molecule has 0 unspecified atom stereocenters. The number of rotatable bonds is 7. The smallest absolute Gasteiger partial charge is 0.271 e. The molecule has 2 aromatic rings. The molecule has 0 fully saturated rings. The minimum Gasteiger partial charge on any atom is -0.351 e. The molecule has 1 N–H and O–H groups in total. The Morgan fingerprint density at radius 1 is 1.40 bits per heavy atom.